The van der Waals surface area contributed by atoms with Crippen LogP contribution in [0.3, 0.4) is 0 Å². The SMILES string of the molecule is COCC(=O)Nc1cccc(NS(=O)(=O)CCl)c1. The molecule has 1 amide bonds. The molecule has 6 nitrogen and oxygen atoms in total. The number of ether oxygens (including phenoxy) is 1. The lowest BCUT2D eigenvalue weighted by Gasteiger charge is -2.08. The van der Waals surface area contributed by atoms with Gasteiger partial charge in [0, 0.05) is 12.8 Å². The predicted molar refractivity (Wildman–Crippen MR) is 70.2 cm³/mol. The van der Waals surface area contributed by atoms with Gasteiger partial charge >= 0.3 is 0 Å². The molecule has 0 spiro atoms. The van der Waals surface area contributed by atoms with E-state index in [1.807, 2.05) is 0 Å². The fraction of sp³-hybridized carbons (Fsp3) is 0.300. The number of carbonyl (C=O) groups excluding carboxylic acids is 1. The minimum Gasteiger partial charge on any atom is -0.375 e. The van der Waals surface area contributed by atoms with Crippen LogP contribution < -0.4 is 10.0 Å². The van der Waals surface area contributed by atoms with E-state index in [1.165, 1.54) is 13.2 Å². The molecule has 0 unspecified atom stereocenters. The van der Waals surface area contributed by atoms with Gasteiger partial charge in [0.1, 0.15) is 11.8 Å². The zero-order valence-corrected chi connectivity index (χ0v) is 11.2. The topological polar surface area (TPSA) is 84.5 Å². The third-order valence-corrected chi connectivity index (χ3v) is 3.53. The zero-order chi connectivity index (χ0) is 13.6. The Morgan fingerprint density at radius 2 is 2.06 bits per heavy atom. The van der Waals surface area contributed by atoms with Gasteiger partial charge < -0.3 is 10.1 Å². The molecule has 0 saturated carbocycles. The van der Waals surface area contributed by atoms with Crippen LogP contribution in [0.15, 0.2) is 24.3 Å². The number of rotatable bonds is 6. The number of hydrogen-bond donors (Lipinski definition) is 2. The number of benzene rings is 1. The van der Waals surface area contributed by atoms with Gasteiger partial charge in [-0.1, -0.05) is 6.07 Å². The normalized spacial score (nSPS) is 11.0. The van der Waals surface area contributed by atoms with Crippen LogP contribution in [0.25, 0.3) is 0 Å². The average Bonchev–Trinajstić information content (AvgIpc) is 2.29. The molecule has 0 heterocycles. The van der Waals surface area contributed by atoms with Crippen molar-refractivity contribution in [3.8, 4) is 0 Å². The van der Waals surface area contributed by atoms with Gasteiger partial charge in [0.25, 0.3) is 0 Å². The van der Waals surface area contributed by atoms with Crippen molar-refractivity contribution in [3.63, 3.8) is 0 Å². The highest BCUT2D eigenvalue weighted by atomic mass is 35.5. The van der Waals surface area contributed by atoms with Crippen molar-refractivity contribution in [2.24, 2.45) is 0 Å². The standard InChI is InChI=1S/C10H13ClN2O4S/c1-17-6-10(14)12-8-3-2-4-9(5-8)13-18(15,16)7-11/h2-5,13H,6-7H2,1H3,(H,12,14). The first-order valence-electron chi connectivity index (χ1n) is 4.92. The van der Waals surface area contributed by atoms with E-state index < -0.39 is 15.2 Å². The third kappa shape index (κ3) is 4.91. The number of carbonyl (C=O) groups is 1. The van der Waals surface area contributed by atoms with E-state index >= 15 is 0 Å². The number of hydrogen-bond acceptors (Lipinski definition) is 4. The highest BCUT2D eigenvalue weighted by molar-refractivity contribution is 7.93. The minimum absolute atomic E-state index is 0.0718. The van der Waals surface area contributed by atoms with Gasteiger partial charge in [-0.05, 0) is 18.2 Å². The van der Waals surface area contributed by atoms with Crippen LogP contribution in [0, 0.1) is 0 Å². The highest BCUT2D eigenvalue weighted by Crippen LogP contribution is 2.16. The lowest BCUT2D eigenvalue weighted by Crippen LogP contribution is -2.17. The lowest BCUT2D eigenvalue weighted by molar-refractivity contribution is -0.119. The molecule has 0 aliphatic rings. The first-order valence-corrected chi connectivity index (χ1v) is 7.11. The fourth-order valence-corrected chi connectivity index (χ4v) is 1.90. The number of methoxy groups -OCH3 is 1. The maximum Gasteiger partial charge on any atom is 0.250 e. The van der Waals surface area contributed by atoms with E-state index in [1.54, 1.807) is 18.2 Å². The molecule has 0 aliphatic heterocycles. The van der Waals surface area contributed by atoms with Crippen LogP contribution >= 0.6 is 11.6 Å². The van der Waals surface area contributed by atoms with Crippen LogP contribution in [-0.2, 0) is 19.6 Å². The molecule has 0 aliphatic carbocycles. The number of sulfonamides is 1. The van der Waals surface area contributed by atoms with Gasteiger partial charge in [0.15, 0.2) is 0 Å². The van der Waals surface area contributed by atoms with E-state index in [9.17, 15) is 13.2 Å². The molecule has 18 heavy (non-hydrogen) atoms. The van der Waals surface area contributed by atoms with Gasteiger partial charge in [-0.2, -0.15) is 0 Å². The Balaban J connectivity index is 2.77. The fourth-order valence-electron chi connectivity index (χ4n) is 1.20. The molecule has 0 saturated heterocycles. The summed E-state index contributed by atoms with van der Waals surface area (Å²) in [7, 11) is -2.14. The molecule has 1 rings (SSSR count). The smallest absolute Gasteiger partial charge is 0.250 e. The van der Waals surface area contributed by atoms with Gasteiger partial charge in [-0.3, -0.25) is 9.52 Å². The molecule has 0 radical (unpaired) electrons. The molecule has 2 N–H and O–H groups in total. The molecule has 0 aromatic heterocycles. The van der Waals surface area contributed by atoms with Gasteiger partial charge in [0.05, 0.1) is 5.69 Å². The summed E-state index contributed by atoms with van der Waals surface area (Å²) in [6, 6.07) is 6.27. The average molecular weight is 293 g/mol. The van der Waals surface area contributed by atoms with Crippen LogP contribution in [0.1, 0.15) is 0 Å². The van der Waals surface area contributed by atoms with Crippen molar-refractivity contribution in [1.29, 1.82) is 0 Å². The number of nitrogens with one attached hydrogen (secondary N) is 2. The van der Waals surface area contributed by atoms with Crippen molar-refractivity contribution in [2.75, 3.05) is 29.0 Å². The highest BCUT2D eigenvalue weighted by Gasteiger charge is 2.08. The quantitative estimate of drug-likeness (QED) is 0.772. The zero-order valence-electron chi connectivity index (χ0n) is 9.64. The second-order valence-electron chi connectivity index (χ2n) is 3.39. The van der Waals surface area contributed by atoms with Crippen LogP contribution in [0.5, 0.6) is 0 Å². The Morgan fingerprint density at radius 3 is 2.67 bits per heavy atom. The summed E-state index contributed by atoms with van der Waals surface area (Å²) >= 11 is 5.27. The van der Waals surface area contributed by atoms with E-state index in [0.29, 0.717) is 11.4 Å². The van der Waals surface area contributed by atoms with Gasteiger partial charge in [0.2, 0.25) is 15.9 Å². The number of anilines is 2. The molecule has 8 heteroatoms. The lowest BCUT2D eigenvalue weighted by atomic mass is 10.3. The second kappa shape index (κ2) is 6.58. The number of amides is 1. The van der Waals surface area contributed by atoms with Crippen LogP contribution in [0.2, 0.25) is 0 Å². The Bertz CT molecular complexity index is 518. The number of alkyl halides is 1. The summed E-state index contributed by atoms with van der Waals surface area (Å²) in [6.45, 7) is -0.0718. The predicted octanol–water partition coefficient (Wildman–Crippen LogP) is 1.21. The summed E-state index contributed by atoms with van der Waals surface area (Å²) in [5.74, 6) is -0.324. The molecular weight excluding hydrogens is 280 g/mol. The van der Waals surface area contributed by atoms with Crippen molar-refractivity contribution >= 4 is 38.9 Å². The molecule has 100 valence electrons. The first kappa shape index (κ1) is 14.7. The Morgan fingerprint density at radius 1 is 1.39 bits per heavy atom. The molecule has 0 fully saturated rings. The molecule has 1 aromatic carbocycles. The third-order valence-electron chi connectivity index (χ3n) is 1.84. The van der Waals surface area contributed by atoms with E-state index in [-0.39, 0.29) is 12.5 Å². The second-order valence-corrected chi connectivity index (χ2v) is 5.69. The summed E-state index contributed by atoms with van der Waals surface area (Å²) in [5.41, 5.74) is 0.790. The van der Waals surface area contributed by atoms with E-state index in [0.717, 1.165) is 0 Å². The molecule has 0 atom stereocenters. The van der Waals surface area contributed by atoms with Gasteiger partial charge in [-0.15, -0.1) is 11.6 Å². The largest absolute Gasteiger partial charge is 0.375 e. The van der Waals surface area contributed by atoms with Crippen molar-refractivity contribution < 1.29 is 17.9 Å². The maximum atomic E-state index is 11.3. The number of halogens is 1. The Labute approximate surface area is 110 Å². The maximum absolute atomic E-state index is 11.3. The minimum atomic E-state index is -3.55. The van der Waals surface area contributed by atoms with Crippen molar-refractivity contribution in [2.45, 2.75) is 0 Å². The van der Waals surface area contributed by atoms with Gasteiger partial charge in [-0.25, -0.2) is 8.42 Å². The summed E-state index contributed by atoms with van der Waals surface area (Å²) in [6.07, 6.45) is 0. The molecular formula is C10H13ClN2O4S. The van der Waals surface area contributed by atoms with Crippen LogP contribution in [0.4, 0.5) is 11.4 Å². The summed E-state index contributed by atoms with van der Waals surface area (Å²) in [5, 5.41) is 2.02. The van der Waals surface area contributed by atoms with Crippen LogP contribution in [-0.4, -0.2) is 33.3 Å². The van der Waals surface area contributed by atoms with E-state index in [4.69, 9.17) is 11.6 Å². The molecule has 0 bridgehead atoms. The van der Waals surface area contributed by atoms with Crippen molar-refractivity contribution in [1.82, 2.24) is 0 Å². The summed E-state index contributed by atoms with van der Waals surface area (Å²) in [4.78, 5) is 11.3. The van der Waals surface area contributed by atoms with Crippen molar-refractivity contribution in [3.05, 3.63) is 24.3 Å². The van der Waals surface area contributed by atoms with E-state index in [2.05, 4.69) is 14.8 Å². The first-order chi connectivity index (χ1) is 8.46. The summed E-state index contributed by atoms with van der Waals surface area (Å²) < 4.78 is 29.4. The molecule has 1 aromatic rings. The Kier molecular flexibility index (Phi) is 5.39. The Hall–Kier alpha value is -1.31. The monoisotopic (exact) mass is 292 g/mol.